The molecule has 0 spiro atoms. The zero-order valence-corrected chi connectivity index (χ0v) is 10.7. The Morgan fingerprint density at radius 1 is 1.41 bits per heavy atom. The van der Waals surface area contributed by atoms with Crippen LogP contribution in [0.4, 0.5) is 5.69 Å². The van der Waals surface area contributed by atoms with Crippen molar-refractivity contribution < 1.29 is 14.3 Å². The number of carbonyl (C=O) groups is 1. The number of anilines is 1. The van der Waals surface area contributed by atoms with Crippen LogP contribution in [-0.4, -0.2) is 26.7 Å². The number of rotatable bonds is 6. The van der Waals surface area contributed by atoms with Gasteiger partial charge in [-0.05, 0) is 18.6 Å². The minimum atomic E-state index is -0.194. The topological polar surface area (TPSA) is 47.6 Å². The van der Waals surface area contributed by atoms with E-state index in [4.69, 9.17) is 16.3 Å². The van der Waals surface area contributed by atoms with Gasteiger partial charge in [-0.25, -0.2) is 0 Å². The molecule has 0 aliphatic rings. The van der Waals surface area contributed by atoms with Crippen LogP contribution in [0, 0.1) is 0 Å². The molecule has 0 fully saturated rings. The molecule has 5 heteroatoms. The van der Waals surface area contributed by atoms with Gasteiger partial charge in [-0.2, -0.15) is 0 Å². The third kappa shape index (κ3) is 4.53. The van der Waals surface area contributed by atoms with E-state index >= 15 is 0 Å². The number of ether oxygens (including phenoxy) is 2. The van der Waals surface area contributed by atoms with Crippen LogP contribution in [0.5, 0.6) is 5.75 Å². The summed E-state index contributed by atoms with van der Waals surface area (Å²) in [5.41, 5.74) is 0.913. The Kier molecular flexibility index (Phi) is 5.63. The first-order valence-electron chi connectivity index (χ1n) is 5.31. The molecule has 1 N–H and O–H groups in total. The fourth-order valence-corrected chi connectivity index (χ4v) is 1.53. The normalized spacial score (nSPS) is 9.82. The van der Waals surface area contributed by atoms with Crippen LogP contribution in [0.15, 0.2) is 18.2 Å². The zero-order valence-electron chi connectivity index (χ0n) is 9.96. The number of benzene rings is 1. The summed E-state index contributed by atoms with van der Waals surface area (Å²) in [6.07, 6.45) is 1.13. The van der Waals surface area contributed by atoms with Crippen molar-refractivity contribution in [3.63, 3.8) is 0 Å². The summed E-state index contributed by atoms with van der Waals surface area (Å²) >= 11 is 5.90. The SMILES string of the molecule is COC(=O)CCCNc1ccc(Cl)c(OC)c1. The van der Waals surface area contributed by atoms with Gasteiger partial charge in [0.1, 0.15) is 5.75 Å². The van der Waals surface area contributed by atoms with Crippen LogP contribution >= 0.6 is 11.6 Å². The van der Waals surface area contributed by atoms with Gasteiger partial charge in [-0.15, -0.1) is 0 Å². The fourth-order valence-electron chi connectivity index (χ4n) is 1.34. The third-order valence-electron chi connectivity index (χ3n) is 2.27. The van der Waals surface area contributed by atoms with Gasteiger partial charge in [0.05, 0.1) is 19.2 Å². The summed E-state index contributed by atoms with van der Waals surface area (Å²) in [6, 6.07) is 5.45. The average molecular weight is 258 g/mol. The van der Waals surface area contributed by atoms with Crippen molar-refractivity contribution in [2.75, 3.05) is 26.1 Å². The molecule has 0 heterocycles. The standard InChI is InChI=1S/C12H16ClNO3/c1-16-11-8-9(5-6-10(11)13)14-7-3-4-12(15)17-2/h5-6,8,14H,3-4,7H2,1-2H3. The van der Waals surface area contributed by atoms with Gasteiger partial charge in [-0.3, -0.25) is 4.79 Å². The molecule has 0 unspecified atom stereocenters. The first kappa shape index (κ1) is 13.6. The molecule has 1 aromatic rings. The van der Waals surface area contributed by atoms with Crippen LogP contribution in [-0.2, 0) is 9.53 Å². The lowest BCUT2D eigenvalue weighted by Crippen LogP contribution is -2.06. The number of hydrogen-bond donors (Lipinski definition) is 1. The second-order valence-corrected chi connectivity index (χ2v) is 3.86. The first-order valence-corrected chi connectivity index (χ1v) is 5.69. The molecule has 17 heavy (non-hydrogen) atoms. The Balaban J connectivity index is 2.39. The van der Waals surface area contributed by atoms with E-state index in [0.29, 0.717) is 23.7 Å². The molecule has 0 aromatic heterocycles. The molecule has 0 saturated carbocycles. The monoisotopic (exact) mass is 257 g/mol. The molecule has 0 aliphatic carbocycles. The molecule has 4 nitrogen and oxygen atoms in total. The highest BCUT2D eigenvalue weighted by Gasteiger charge is 2.02. The second kappa shape index (κ2) is 7.01. The number of nitrogens with one attached hydrogen (secondary N) is 1. The van der Waals surface area contributed by atoms with Crippen LogP contribution in [0.2, 0.25) is 5.02 Å². The van der Waals surface area contributed by atoms with E-state index in [1.165, 1.54) is 7.11 Å². The predicted octanol–water partition coefficient (Wildman–Crippen LogP) is 2.71. The lowest BCUT2D eigenvalue weighted by Gasteiger charge is -2.08. The first-order chi connectivity index (χ1) is 8.17. The average Bonchev–Trinajstić information content (AvgIpc) is 2.36. The highest BCUT2D eigenvalue weighted by atomic mass is 35.5. The van der Waals surface area contributed by atoms with E-state index in [-0.39, 0.29) is 5.97 Å². The summed E-state index contributed by atoms with van der Waals surface area (Å²) in [4.78, 5) is 10.9. The predicted molar refractivity (Wildman–Crippen MR) is 67.7 cm³/mol. The minimum absolute atomic E-state index is 0.194. The number of carbonyl (C=O) groups excluding carboxylic acids is 1. The van der Waals surface area contributed by atoms with Gasteiger partial charge < -0.3 is 14.8 Å². The van der Waals surface area contributed by atoms with Gasteiger partial charge in [0.25, 0.3) is 0 Å². The summed E-state index contributed by atoms with van der Waals surface area (Å²) in [7, 11) is 2.96. The number of esters is 1. The molecule has 1 rings (SSSR count). The van der Waals surface area contributed by atoms with Gasteiger partial charge in [0.15, 0.2) is 0 Å². The second-order valence-electron chi connectivity index (χ2n) is 3.46. The molecular weight excluding hydrogens is 242 g/mol. The molecule has 0 aliphatic heterocycles. The highest BCUT2D eigenvalue weighted by Crippen LogP contribution is 2.27. The van der Waals surface area contributed by atoms with Crippen molar-refractivity contribution in [3.8, 4) is 5.75 Å². The quantitative estimate of drug-likeness (QED) is 0.629. The smallest absolute Gasteiger partial charge is 0.305 e. The largest absolute Gasteiger partial charge is 0.495 e. The summed E-state index contributed by atoms with van der Waals surface area (Å²) in [5, 5.41) is 3.76. The molecule has 1 aromatic carbocycles. The summed E-state index contributed by atoms with van der Waals surface area (Å²) in [5.74, 6) is 0.435. The maximum Gasteiger partial charge on any atom is 0.305 e. The van der Waals surface area contributed by atoms with Crippen LogP contribution in [0.25, 0.3) is 0 Å². The van der Waals surface area contributed by atoms with Gasteiger partial charge in [0, 0.05) is 24.7 Å². The number of methoxy groups -OCH3 is 2. The van der Waals surface area contributed by atoms with Crippen LogP contribution in [0.1, 0.15) is 12.8 Å². The molecule has 0 radical (unpaired) electrons. The maximum absolute atomic E-state index is 10.9. The third-order valence-corrected chi connectivity index (χ3v) is 2.58. The molecule has 0 saturated heterocycles. The van der Waals surface area contributed by atoms with Crippen molar-refractivity contribution in [3.05, 3.63) is 23.2 Å². The molecular formula is C12H16ClNO3. The summed E-state index contributed by atoms with van der Waals surface area (Å²) < 4.78 is 9.65. The molecule has 0 amide bonds. The number of hydrogen-bond acceptors (Lipinski definition) is 4. The van der Waals surface area contributed by atoms with E-state index in [9.17, 15) is 4.79 Å². The van der Waals surface area contributed by atoms with Crippen molar-refractivity contribution in [1.29, 1.82) is 0 Å². The zero-order chi connectivity index (χ0) is 12.7. The van der Waals surface area contributed by atoms with Gasteiger partial charge >= 0.3 is 5.97 Å². The molecule has 94 valence electrons. The van der Waals surface area contributed by atoms with E-state index in [1.807, 2.05) is 12.1 Å². The Bertz CT molecular complexity index is 382. The van der Waals surface area contributed by atoms with Gasteiger partial charge in [-0.1, -0.05) is 11.6 Å². The Labute approximate surface area is 106 Å². The Morgan fingerprint density at radius 3 is 2.82 bits per heavy atom. The summed E-state index contributed by atoms with van der Waals surface area (Å²) in [6.45, 7) is 0.694. The van der Waals surface area contributed by atoms with Crippen molar-refractivity contribution in [2.24, 2.45) is 0 Å². The Hall–Kier alpha value is -1.42. The molecule has 0 atom stereocenters. The fraction of sp³-hybridized carbons (Fsp3) is 0.417. The Morgan fingerprint density at radius 2 is 2.18 bits per heavy atom. The van der Waals surface area contributed by atoms with Crippen molar-refractivity contribution >= 4 is 23.3 Å². The van der Waals surface area contributed by atoms with Crippen molar-refractivity contribution in [2.45, 2.75) is 12.8 Å². The lowest BCUT2D eigenvalue weighted by atomic mass is 10.2. The van der Waals surface area contributed by atoms with E-state index < -0.39 is 0 Å². The van der Waals surface area contributed by atoms with Gasteiger partial charge in [0.2, 0.25) is 0 Å². The van der Waals surface area contributed by atoms with Crippen molar-refractivity contribution in [1.82, 2.24) is 0 Å². The lowest BCUT2D eigenvalue weighted by molar-refractivity contribution is -0.140. The van der Waals surface area contributed by atoms with Crippen LogP contribution in [0.3, 0.4) is 0 Å². The number of halogens is 1. The maximum atomic E-state index is 10.9. The highest BCUT2D eigenvalue weighted by molar-refractivity contribution is 6.32. The van der Waals surface area contributed by atoms with Crippen LogP contribution < -0.4 is 10.1 Å². The van der Waals surface area contributed by atoms with E-state index in [1.54, 1.807) is 13.2 Å². The van der Waals surface area contributed by atoms with E-state index in [0.717, 1.165) is 12.1 Å². The van der Waals surface area contributed by atoms with E-state index in [2.05, 4.69) is 10.1 Å². The molecule has 0 bridgehead atoms. The minimum Gasteiger partial charge on any atom is -0.495 e.